The van der Waals surface area contributed by atoms with Gasteiger partial charge in [-0.1, -0.05) is 12.1 Å². The van der Waals surface area contributed by atoms with Crippen molar-refractivity contribution in [3.05, 3.63) is 53.9 Å². The van der Waals surface area contributed by atoms with Gasteiger partial charge < -0.3 is 5.32 Å². The highest BCUT2D eigenvalue weighted by molar-refractivity contribution is 6.17. The quantitative estimate of drug-likeness (QED) is 0.742. The highest BCUT2D eigenvalue weighted by Crippen LogP contribution is 2.20. The zero-order chi connectivity index (χ0) is 13.2. The second kappa shape index (κ2) is 4.90. The standard InChI is InChI=1S/C14H13ClN4/c1-10-5-13-16-9-17-19(13)14(6-10)18-12-4-2-3-11(7-12)8-15/h2-7,9,18H,8H2,1H3. The van der Waals surface area contributed by atoms with Crippen LogP contribution in [0.15, 0.2) is 42.7 Å². The largest absolute Gasteiger partial charge is 0.340 e. The first kappa shape index (κ1) is 12.0. The number of hydrogen-bond donors (Lipinski definition) is 1. The van der Waals surface area contributed by atoms with Gasteiger partial charge in [-0.3, -0.25) is 0 Å². The lowest BCUT2D eigenvalue weighted by Crippen LogP contribution is -2.00. The SMILES string of the molecule is Cc1cc(Nc2cccc(CCl)c2)n2ncnc2c1. The lowest BCUT2D eigenvalue weighted by molar-refractivity contribution is 0.965. The van der Waals surface area contributed by atoms with E-state index < -0.39 is 0 Å². The molecule has 3 aromatic rings. The van der Waals surface area contributed by atoms with E-state index in [0.717, 1.165) is 28.3 Å². The number of rotatable bonds is 3. The van der Waals surface area contributed by atoms with Crippen LogP contribution >= 0.6 is 11.6 Å². The van der Waals surface area contributed by atoms with E-state index in [0.29, 0.717) is 5.88 Å². The Morgan fingerprint density at radius 2 is 2.16 bits per heavy atom. The number of nitrogens with zero attached hydrogens (tertiary/aromatic N) is 3. The van der Waals surface area contributed by atoms with Gasteiger partial charge in [0.05, 0.1) is 0 Å². The topological polar surface area (TPSA) is 42.2 Å². The molecule has 19 heavy (non-hydrogen) atoms. The molecule has 0 saturated carbocycles. The maximum Gasteiger partial charge on any atom is 0.157 e. The molecular formula is C14H13ClN4. The number of aryl methyl sites for hydroxylation is 1. The Hall–Kier alpha value is -2.07. The van der Waals surface area contributed by atoms with Crippen LogP contribution in [0.4, 0.5) is 11.5 Å². The minimum absolute atomic E-state index is 0.502. The molecule has 96 valence electrons. The molecule has 0 aliphatic heterocycles. The third-order valence-corrected chi connectivity index (χ3v) is 3.19. The van der Waals surface area contributed by atoms with Gasteiger partial charge in [-0.15, -0.1) is 11.6 Å². The second-order valence-corrected chi connectivity index (χ2v) is 4.67. The van der Waals surface area contributed by atoms with E-state index in [1.807, 2.05) is 43.3 Å². The van der Waals surface area contributed by atoms with Crippen molar-refractivity contribution in [2.24, 2.45) is 0 Å². The number of fused-ring (bicyclic) bond motifs is 1. The lowest BCUT2D eigenvalue weighted by atomic mass is 10.2. The average Bonchev–Trinajstić information content (AvgIpc) is 2.87. The maximum absolute atomic E-state index is 5.85. The number of benzene rings is 1. The molecule has 0 aliphatic rings. The molecule has 2 heterocycles. The van der Waals surface area contributed by atoms with Crippen LogP contribution in [0.5, 0.6) is 0 Å². The number of halogens is 1. The Balaban J connectivity index is 2.02. The molecule has 0 radical (unpaired) electrons. The Kier molecular flexibility index (Phi) is 3.09. The third kappa shape index (κ3) is 2.39. The summed E-state index contributed by atoms with van der Waals surface area (Å²) < 4.78 is 1.78. The van der Waals surface area contributed by atoms with E-state index in [4.69, 9.17) is 11.6 Å². The van der Waals surface area contributed by atoms with Crippen LogP contribution in [0.1, 0.15) is 11.1 Å². The summed E-state index contributed by atoms with van der Waals surface area (Å²) in [7, 11) is 0. The van der Waals surface area contributed by atoms with Crippen molar-refractivity contribution in [1.82, 2.24) is 14.6 Å². The van der Waals surface area contributed by atoms with Crippen LogP contribution < -0.4 is 5.32 Å². The van der Waals surface area contributed by atoms with Crippen LogP contribution in [-0.2, 0) is 5.88 Å². The van der Waals surface area contributed by atoms with Crippen molar-refractivity contribution in [3.63, 3.8) is 0 Å². The molecule has 0 amide bonds. The molecule has 2 aromatic heterocycles. The number of anilines is 2. The molecule has 3 rings (SSSR count). The summed E-state index contributed by atoms with van der Waals surface area (Å²) >= 11 is 5.85. The van der Waals surface area contributed by atoms with Gasteiger partial charge in [-0.25, -0.2) is 4.98 Å². The Morgan fingerprint density at radius 1 is 1.26 bits per heavy atom. The van der Waals surface area contributed by atoms with Crippen molar-refractivity contribution in [2.45, 2.75) is 12.8 Å². The van der Waals surface area contributed by atoms with Crippen molar-refractivity contribution in [2.75, 3.05) is 5.32 Å². The van der Waals surface area contributed by atoms with Gasteiger partial charge in [0.1, 0.15) is 12.1 Å². The molecule has 0 fully saturated rings. The fourth-order valence-corrected chi connectivity index (χ4v) is 2.19. The molecule has 0 bridgehead atoms. The Labute approximate surface area is 116 Å². The van der Waals surface area contributed by atoms with E-state index in [1.165, 1.54) is 0 Å². The predicted molar refractivity (Wildman–Crippen MR) is 77.0 cm³/mol. The molecule has 0 unspecified atom stereocenters. The van der Waals surface area contributed by atoms with Crippen molar-refractivity contribution in [1.29, 1.82) is 0 Å². The van der Waals surface area contributed by atoms with Crippen molar-refractivity contribution in [3.8, 4) is 0 Å². The summed E-state index contributed by atoms with van der Waals surface area (Å²) in [6.07, 6.45) is 1.55. The van der Waals surface area contributed by atoms with Gasteiger partial charge in [0.15, 0.2) is 5.65 Å². The summed E-state index contributed by atoms with van der Waals surface area (Å²) in [5, 5.41) is 7.57. The van der Waals surface area contributed by atoms with Crippen LogP contribution in [0, 0.1) is 6.92 Å². The number of nitrogens with one attached hydrogen (secondary N) is 1. The molecule has 4 nitrogen and oxygen atoms in total. The normalized spacial score (nSPS) is 10.8. The van der Waals surface area contributed by atoms with Gasteiger partial charge in [-0.05, 0) is 42.3 Å². The number of alkyl halides is 1. The Morgan fingerprint density at radius 3 is 3.00 bits per heavy atom. The van der Waals surface area contributed by atoms with Crippen LogP contribution in [0.3, 0.4) is 0 Å². The minimum atomic E-state index is 0.502. The van der Waals surface area contributed by atoms with Gasteiger partial charge in [0, 0.05) is 11.6 Å². The summed E-state index contributed by atoms with van der Waals surface area (Å²) in [6.45, 7) is 2.04. The lowest BCUT2D eigenvalue weighted by Gasteiger charge is -2.10. The van der Waals surface area contributed by atoms with E-state index >= 15 is 0 Å². The first-order chi connectivity index (χ1) is 9.26. The van der Waals surface area contributed by atoms with Gasteiger partial charge in [-0.2, -0.15) is 9.61 Å². The highest BCUT2D eigenvalue weighted by Gasteiger charge is 2.04. The van der Waals surface area contributed by atoms with Crippen LogP contribution in [0.2, 0.25) is 0 Å². The van der Waals surface area contributed by atoms with E-state index in [-0.39, 0.29) is 0 Å². The van der Waals surface area contributed by atoms with Gasteiger partial charge in [0.2, 0.25) is 0 Å². The van der Waals surface area contributed by atoms with E-state index in [2.05, 4.69) is 15.4 Å². The maximum atomic E-state index is 5.85. The number of aromatic nitrogens is 3. The smallest absolute Gasteiger partial charge is 0.157 e. The molecule has 0 aliphatic carbocycles. The predicted octanol–water partition coefficient (Wildman–Crippen LogP) is 3.52. The first-order valence-corrected chi connectivity index (χ1v) is 6.52. The minimum Gasteiger partial charge on any atom is -0.340 e. The fourth-order valence-electron chi connectivity index (χ4n) is 2.03. The van der Waals surface area contributed by atoms with E-state index in [9.17, 15) is 0 Å². The highest BCUT2D eigenvalue weighted by atomic mass is 35.5. The van der Waals surface area contributed by atoms with Gasteiger partial charge in [0.25, 0.3) is 0 Å². The number of pyridine rings is 1. The van der Waals surface area contributed by atoms with Crippen LogP contribution in [0.25, 0.3) is 5.65 Å². The molecule has 0 atom stereocenters. The second-order valence-electron chi connectivity index (χ2n) is 4.41. The molecular weight excluding hydrogens is 260 g/mol. The Bertz CT molecular complexity index is 720. The van der Waals surface area contributed by atoms with E-state index in [1.54, 1.807) is 10.8 Å². The summed E-state index contributed by atoms with van der Waals surface area (Å²) in [5.41, 5.74) is 4.03. The number of hydrogen-bond acceptors (Lipinski definition) is 3. The zero-order valence-corrected chi connectivity index (χ0v) is 11.2. The first-order valence-electron chi connectivity index (χ1n) is 5.98. The van der Waals surface area contributed by atoms with Crippen molar-refractivity contribution >= 4 is 28.8 Å². The molecule has 1 aromatic carbocycles. The average molecular weight is 273 g/mol. The summed E-state index contributed by atoms with van der Waals surface area (Å²) in [5.74, 6) is 1.39. The molecule has 5 heteroatoms. The third-order valence-electron chi connectivity index (χ3n) is 2.88. The van der Waals surface area contributed by atoms with Crippen molar-refractivity contribution < 1.29 is 0 Å². The summed E-state index contributed by atoms with van der Waals surface area (Å²) in [4.78, 5) is 4.21. The summed E-state index contributed by atoms with van der Waals surface area (Å²) in [6, 6.07) is 12.0. The van der Waals surface area contributed by atoms with Gasteiger partial charge >= 0.3 is 0 Å². The molecule has 0 spiro atoms. The monoisotopic (exact) mass is 272 g/mol. The zero-order valence-electron chi connectivity index (χ0n) is 10.5. The molecule has 0 saturated heterocycles. The fraction of sp³-hybridized carbons (Fsp3) is 0.143. The van der Waals surface area contributed by atoms with Crippen LogP contribution in [-0.4, -0.2) is 14.6 Å². The molecule has 1 N–H and O–H groups in total.